The van der Waals surface area contributed by atoms with E-state index >= 15 is 0 Å². The van der Waals surface area contributed by atoms with Crippen LogP contribution in [0.3, 0.4) is 0 Å². The molecule has 2 rings (SSSR count). The Balaban J connectivity index is 1.91. The zero-order chi connectivity index (χ0) is 13.0. The lowest BCUT2D eigenvalue weighted by molar-refractivity contribution is 0.116. The molecule has 2 unspecified atom stereocenters. The second kappa shape index (κ2) is 6.21. The molecule has 0 radical (unpaired) electrons. The number of anilines is 1. The zero-order valence-electron chi connectivity index (χ0n) is 11.4. The third kappa shape index (κ3) is 3.72. The summed E-state index contributed by atoms with van der Waals surface area (Å²) < 4.78 is 5.66. The number of likely N-dealkylation sites (N-methyl/N-ethyl adjacent to an activating group) is 1. The van der Waals surface area contributed by atoms with Crippen LogP contribution in [0, 0.1) is 0 Å². The highest BCUT2D eigenvalue weighted by atomic mass is 16.5. The SMILES string of the molecule is CC(N)Cc1ccc(N(C)CC2CCCO2)cc1. The van der Waals surface area contributed by atoms with Crippen LogP contribution in [0.2, 0.25) is 0 Å². The van der Waals surface area contributed by atoms with Crippen LogP contribution < -0.4 is 10.6 Å². The van der Waals surface area contributed by atoms with Crippen molar-refractivity contribution in [2.75, 3.05) is 25.1 Å². The largest absolute Gasteiger partial charge is 0.376 e. The fraction of sp³-hybridized carbons (Fsp3) is 0.600. The molecule has 3 heteroatoms. The van der Waals surface area contributed by atoms with Gasteiger partial charge in [-0.25, -0.2) is 0 Å². The molecule has 3 nitrogen and oxygen atoms in total. The average molecular weight is 248 g/mol. The maximum absolute atomic E-state index is 5.80. The van der Waals surface area contributed by atoms with Gasteiger partial charge in [-0.05, 0) is 43.9 Å². The first-order chi connectivity index (χ1) is 8.65. The molecule has 0 saturated carbocycles. The van der Waals surface area contributed by atoms with Gasteiger partial charge in [0.15, 0.2) is 0 Å². The first-order valence-electron chi connectivity index (χ1n) is 6.82. The standard InChI is InChI=1S/C15H24N2O/c1-12(16)10-13-5-7-14(8-6-13)17(2)11-15-4-3-9-18-15/h5-8,12,15H,3-4,9-11,16H2,1-2H3. The summed E-state index contributed by atoms with van der Waals surface area (Å²) in [5, 5.41) is 0. The van der Waals surface area contributed by atoms with Gasteiger partial charge in [0, 0.05) is 31.9 Å². The van der Waals surface area contributed by atoms with Crippen molar-refractivity contribution in [1.29, 1.82) is 0 Å². The minimum absolute atomic E-state index is 0.223. The van der Waals surface area contributed by atoms with E-state index < -0.39 is 0 Å². The number of rotatable bonds is 5. The number of nitrogens with zero attached hydrogens (tertiary/aromatic N) is 1. The van der Waals surface area contributed by atoms with Crippen LogP contribution in [0.1, 0.15) is 25.3 Å². The molecule has 1 aromatic carbocycles. The highest BCUT2D eigenvalue weighted by Gasteiger charge is 2.17. The topological polar surface area (TPSA) is 38.5 Å². The molecule has 0 aliphatic carbocycles. The third-order valence-electron chi connectivity index (χ3n) is 3.44. The van der Waals surface area contributed by atoms with Gasteiger partial charge in [0.25, 0.3) is 0 Å². The first-order valence-corrected chi connectivity index (χ1v) is 6.82. The summed E-state index contributed by atoms with van der Waals surface area (Å²) in [7, 11) is 2.13. The Kier molecular flexibility index (Phi) is 4.61. The normalized spacial score (nSPS) is 20.9. The molecule has 18 heavy (non-hydrogen) atoms. The zero-order valence-corrected chi connectivity index (χ0v) is 11.4. The Labute approximate surface area is 110 Å². The van der Waals surface area contributed by atoms with Crippen molar-refractivity contribution >= 4 is 5.69 Å². The number of hydrogen-bond donors (Lipinski definition) is 1. The van der Waals surface area contributed by atoms with E-state index in [1.165, 1.54) is 24.1 Å². The van der Waals surface area contributed by atoms with Gasteiger partial charge in [-0.15, -0.1) is 0 Å². The summed E-state index contributed by atoms with van der Waals surface area (Å²) in [6.45, 7) is 3.94. The van der Waals surface area contributed by atoms with Crippen LogP contribution >= 0.6 is 0 Å². The molecule has 0 aromatic heterocycles. The van der Waals surface area contributed by atoms with Gasteiger partial charge in [-0.1, -0.05) is 12.1 Å². The van der Waals surface area contributed by atoms with Crippen molar-refractivity contribution in [2.24, 2.45) is 5.73 Å². The van der Waals surface area contributed by atoms with Gasteiger partial charge in [0.1, 0.15) is 0 Å². The molecule has 1 aliphatic heterocycles. The molecule has 1 aromatic rings. The Hall–Kier alpha value is -1.06. The summed E-state index contributed by atoms with van der Waals surface area (Å²) >= 11 is 0. The monoisotopic (exact) mass is 248 g/mol. The smallest absolute Gasteiger partial charge is 0.0750 e. The second-order valence-electron chi connectivity index (χ2n) is 5.36. The number of nitrogens with two attached hydrogens (primary N) is 1. The second-order valence-corrected chi connectivity index (χ2v) is 5.36. The van der Waals surface area contributed by atoms with Crippen molar-refractivity contribution in [1.82, 2.24) is 0 Å². The van der Waals surface area contributed by atoms with Crippen LogP contribution in [0.15, 0.2) is 24.3 Å². The molecule has 100 valence electrons. The van der Waals surface area contributed by atoms with E-state index in [4.69, 9.17) is 10.5 Å². The lowest BCUT2D eigenvalue weighted by atomic mass is 10.1. The molecule has 1 aliphatic rings. The Morgan fingerprint density at radius 3 is 2.67 bits per heavy atom. The lowest BCUT2D eigenvalue weighted by Crippen LogP contribution is -2.28. The molecular weight excluding hydrogens is 224 g/mol. The van der Waals surface area contributed by atoms with E-state index in [0.29, 0.717) is 6.10 Å². The van der Waals surface area contributed by atoms with E-state index in [-0.39, 0.29) is 6.04 Å². The van der Waals surface area contributed by atoms with Gasteiger partial charge in [-0.2, -0.15) is 0 Å². The molecule has 1 saturated heterocycles. The van der Waals surface area contributed by atoms with Crippen LogP contribution in [-0.2, 0) is 11.2 Å². The number of benzene rings is 1. The molecule has 2 N–H and O–H groups in total. The molecule has 2 atom stereocenters. The van der Waals surface area contributed by atoms with E-state index in [0.717, 1.165) is 19.6 Å². The van der Waals surface area contributed by atoms with E-state index in [2.05, 4.69) is 36.2 Å². The van der Waals surface area contributed by atoms with E-state index in [1.807, 2.05) is 6.92 Å². The van der Waals surface area contributed by atoms with Crippen molar-refractivity contribution in [3.63, 3.8) is 0 Å². The van der Waals surface area contributed by atoms with Gasteiger partial charge >= 0.3 is 0 Å². The summed E-state index contributed by atoms with van der Waals surface area (Å²) in [4.78, 5) is 2.27. The molecular formula is C15H24N2O. The molecule has 1 heterocycles. The summed E-state index contributed by atoms with van der Waals surface area (Å²) in [6.07, 6.45) is 3.73. The van der Waals surface area contributed by atoms with Crippen LogP contribution in [0.4, 0.5) is 5.69 Å². The highest BCUT2D eigenvalue weighted by molar-refractivity contribution is 5.47. The van der Waals surface area contributed by atoms with Crippen molar-refractivity contribution < 1.29 is 4.74 Å². The minimum Gasteiger partial charge on any atom is -0.376 e. The van der Waals surface area contributed by atoms with Gasteiger partial charge in [0.2, 0.25) is 0 Å². The lowest BCUT2D eigenvalue weighted by Gasteiger charge is -2.23. The minimum atomic E-state index is 0.223. The maximum Gasteiger partial charge on any atom is 0.0750 e. The van der Waals surface area contributed by atoms with Gasteiger partial charge in [0.05, 0.1) is 6.10 Å². The summed E-state index contributed by atoms with van der Waals surface area (Å²) in [5.74, 6) is 0. The average Bonchev–Trinajstić information content (AvgIpc) is 2.82. The van der Waals surface area contributed by atoms with Gasteiger partial charge < -0.3 is 15.4 Å². The Morgan fingerprint density at radius 2 is 2.11 bits per heavy atom. The van der Waals surface area contributed by atoms with Gasteiger partial charge in [-0.3, -0.25) is 0 Å². The van der Waals surface area contributed by atoms with Crippen LogP contribution in [0.5, 0.6) is 0 Å². The van der Waals surface area contributed by atoms with Crippen molar-refractivity contribution in [3.05, 3.63) is 29.8 Å². The van der Waals surface area contributed by atoms with Crippen LogP contribution in [-0.4, -0.2) is 32.3 Å². The fourth-order valence-corrected chi connectivity index (χ4v) is 2.46. The number of ether oxygens (including phenoxy) is 1. The quantitative estimate of drug-likeness (QED) is 0.868. The Morgan fingerprint density at radius 1 is 1.39 bits per heavy atom. The predicted octanol–water partition coefficient (Wildman–Crippen LogP) is 2.19. The Bertz CT molecular complexity index is 355. The first kappa shape index (κ1) is 13.4. The van der Waals surface area contributed by atoms with E-state index in [1.54, 1.807) is 0 Å². The fourth-order valence-electron chi connectivity index (χ4n) is 2.46. The summed E-state index contributed by atoms with van der Waals surface area (Å²) in [5.41, 5.74) is 8.36. The highest BCUT2D eigenvalue weighted by Crippen LogP contribution is 2.18. The predicted molar refractivity (Wildman–Crippen MR) is 76.0 cm³/mol. The molecule has 1 fully saturated rings. The maximum atomic E-state index is 5.80. The molecule has 0 amide bonds. The third-order valence-corrected chi connectivity index (χ3v) is 3.44. The molecule has 0 bridgehead atoms. The summed E-state index contributed by atoms with van der Waals surface area (Å²) in [6, 6.07) is 8.91. The van der Waals surface area contributed by atoms with E-state index in [9.17, 15) is 0 Å². The van der Waals surface area contributed by atoms with Crippen molar-refractivity contribution in [3.8, 4) is 0 Å². The molecule has 0 spiro atoms. The van der Waals surface area contributed by atoms with Crippen LogP contribution in [0.25, 0.3) is 0 Å². The van der Waals surface area contributed by atoms with Crippen molar-refractivity contribution in [2.45, 2.75) is 38.3 Å². The number of hydrogen-bond acceptors (Lipinski definition) is 3.